The van der Waals surface area contributed by atoms with E-state index >= 15 is 0 Å². The summed E-state index contributed by atoms with van der Waals surface area (Å²) < 4.78 is 6.18. The van der Waals surface area contributed by atoms with E-state index in [1.807, 2.05) is 7.11 Å². The number of thioether (sulfide) groups is 1. The van der Waals surface area contributed by atoms with Gasteiger partial charge in [-0.1, -0.05) is 12.1 Å². The minimum Gasteiger partial charge on any atom is -0.396 e. The Balaban J connectivity index is 2.32. The van der Waals surface area contributed by atoms with Crippen molar-refractivity contribution in [3.05, 3.63) is 29.8 Å². The van der Waals surface area contributed by atoms with E-state index in [1.54, 1.807) is 11.8 Å². The van der Waals surface area contributed by atoms with E-state index in [-0.39, 0.29) is 12.2 Å². The molecular formula is C18H29NO2S. The van der Waals surface area contributed by atoms with E-state index in [0.29, 0.717) is 5.92 Å². The lowest BCUT2D eigenvalue weighted by atomic mass is 9.74. The Hall–Kier alpha value is -0.550. The van der Waals surface area contributed by atoms with Gasteiger partial charge in [-0.2, -0.15) is 0 Å². The number of unbranched alkanes of at least 4 members (excludes halogenated alkanes) is 1. The first-order chi connectivity index (χ1) is 10.8. The molecule has 1 aromatic rings. The Labute approximate surface area is 138 Å². The molecule has 124 valence electrons. The van der Waals surface area contributed by atoms with Gasteiger partial charge < -0.3 is 15.2 Å². The number of benzene rings is 1. The molecule has 2 N–H and O–H groups in total. The molecule has 1 aliphatic rings. The maximum Gasteiger partial charge on any atom is 0.0968 e. The van der Waals surface area contributed by atoms with Gasteiger partial charge in [0.05, 0.1) is 5.60 Å². The van der Waals surface area contributed by atoms with Crippen LogP contribution in [0.15, 0.2) is 29.2 Å². The van der Waals surface area contributed by atoms with E-state index in [1.165, 1.54) is 23.3 Å². The summed E-state index contributed by atoms with van der Waals surface area (Å²) in [6, 6.07) is 8.77. The minimum atomic E-state index is -0.242. The predicted molar refractivity (Wildman–Crippen MR) is 93.4 cm³/mol. The van der Waals surface area contributed by atoms with Crippen LogP contribution in [0.25, 0.3) is 0 Å². The number of ether oxygens (including phenoxy) is 1. The number of hydrogen-bond donors (Lipinski definition) is 2. The fourth-order valence-corrected chi connectivity index (χ4v) is 4.07. The number of hydrogen-bond acceptors (Lipinski definition) is 4. The molecule has 2 rings (SSSR count). The highest BCUT2D eigenvalue weighted by Crippen LogP contribution is 2.42. The molecular weight excluding hydrogens is 294 g/mol. The van der Waals surface area contributed by atoms with Crippen LogP contribution in [0, 0.1) is 5.92 Å². The zero-order valence-corrected chi connectivity index (χ0v) is 14.6. The van der Waals surface area contributed by atoms with Gasteiger partial charge in [0.1, 0.15) is 0 Å². The van der Waals surface area contributed by atoms with Gasteiger partial charge in [-0.15, -0.1) is 11.8 Å². The fourth-order valence-electron chi connectivity index (χ4n) is 3.61. The zero-order valence-electron chi connectivity index (χ0n) is 13.8. The number of piperidine rings is 1. The van der Waals surface area contributed by atoms with Crippen molar-refractivity contribution >= 4 is 11.8 Å². The van der Waals surface area contributed by atoms with Crippen LogP contribution in [0.4, 0.5) is 0 Å². The van der Waals surface area contributed by atoms with Crippen LogP contribution in [0.1, 0.15) is 37.7 Å². The molecule has 0 aromatic heterocycles. The zero-order chi connectivity index (χ0) is 15.8. The largest absolute Gasteiger partial charge is 0.396 e. The molecule has 1 fully saturated rings. The van der Waals surface area contributed by atoms with Crippen molar-refractivity contribution in [1.29, 1.82) is 0 Å². The van der Waals surface area contributed by atoms with Crippen LogP contribution in [0.5, 0.6) is 0 Å². The summed E-state index contributed by atoms with van der Waals surface area (Å²) in [6.45, 7) is 2.38. The molecule has 0 radical (unpaired) electrons. The lowest BCUT2D eigenvalue weighted by Gasteiger charge is -2.42. The Morgan fingerprint density at radius 1 is 1.41 bits per heavy atom. The minimum absolute atomic E-state index is 0.242. The smallest absolute Gasteiger partial charge is 0.0968 e. The predicted octanol–water partition coefficient (Wildman–Crippen LogP) is 3.41. The molecule has 0 unspecified atom stereocenters. The molecule has 0 amide bonds. The molecule has 0 bridgehead atoms. The first-order valence-electron chi connectivity index (χ1n) is 8.28. The Morgan fingerprint density at radius 3 is 2.91 bits per heavy atom. The van der Waals surface area contributed by atoms with Crippen LogP contribution in [0.2, 0.25) is 0 Å². The van der Waals surface area contributed by atoms with Crippen LogP contribution in [0.3, 0.4) is 0 Å². The van der Waals surface area contributed by atoms with E-state index in [9.17, 15) is 0 Å². The summed E-state index contributed by atoms with van der Waals surface area (Å²) in [7, 11) is 1.85. The molecule has 1 aliphatic heterocycles. The highest BCUT2D eigenvalue weighted by Gasteiger charge is 2.40. The quantitative estimate of drug-likeness (QED) is 0.568. The van der Waals surface area contributed by atoms with Crippen LogP contribution in [-0.4, -0.2) is 38.2 Å². The van der Waals surface area contributed by atoms with Crippen LogP contribution >= 0.6 is 11.8 Å². The highest BCUT2D eigenvalue weighted by atomic mass is 32.2. The Kier molecular flexibility index (Phi) is 7.22. The van der Waals surface area contributed by atoms with Gasteiger partial charge in [-0.05, 0) is 62.6 Å². The summed E-state index contributed by atoms with van der Waals surface area (Å²) in [5, 5.41) is 12.7. The molecule has 0 saturated carbocycles. The summed E-state index contributed by atoms with van der Waals surface area (Å²) >= 11 is 1.77. The van der Waals surface area contributed by atoms with E-state index < -0.39 is 0 Å². The second kappa shape index (κ2) is 8.92. The Morgan fingerprint density at radius 2 is 2.27 bits per heavy atom. The fraction of sp³-hybridized carbons (Fsp3) is 0.667. The third kappa shape index (κ3) is 4.05. The molecule has 2 atom stereocenters. The van der Waals surface area contributed by atoms with E-state index in [4.69, 9.17) is 9.84 Å². The van der Waals surface area contributed by atoms with Crippen molar-refractivity contribution in [3.63, 3.8) is 0 Å². The average molecular weight is 324 g/mol. The standard InChI is InChI=1S/C18H29NO2S/c1-21-18(10-3-4-12-20,16-8-6-11-19-14-16)15-7-5-9-17(13-15)22-2/h5,7,9,13,16,19-20H,3-4,6,8,10-12,14H2,1-2H3/t16-,18-/m1/s1. The van der Waals surface area contributed by atoms with E-state index in [0.717, 1.165) is 32.4 Å². The van der Waals surface area contributed by atoms with Gasteiger partial charge in [-0.25, -0.2) is 0 Å². The van der Waals surface area contributed by atoms with Gasteiger partial charge >= 0.3 is 0 Å². The van der Waals surface area contributed by atoms with Crippen molar-refractivity contribution in [1.82, 2.24) is 5.32 Å². The lowest BCUT2D eigenvalue weighted by Crippen LogP contribution is -2.45. The van der Waals surface area contributed by atoms with Crippen molar-refractivity contribution in [3.8, 4) is 0 Å². The van der Waals surface area contributed by atoms with Crippen molar-refractivity contribution < 1.29 is 9.84 Å². The molecule has 0 spiro atoms. The SMILES string of the molecule is CO[C@](CCCCO)(c1cccc(SC)c1)[C@@H]1CCCNC1. The summed E-state index contributed by atoms with van der Waals surface area (Å²) in [5.41, 5.74) is 1.04. The molecule has 0 aliphatic carbocycles. The van der Waals surface area contributed by atoms with Gasteiger partial charge in [0.2, 0.25) is 0 Å². The number of nitrogens with one attached hydrogen (secondary N) is 1. The third-order valence-electron chi connectivity index (χ3n) is 4.84. The first kappa shape index (κ1) is 17.8. The summed E-state index contributed by atoms with van der Waals surface area (Å²) in [5.74, 6) is 0.488. The number of rotatable bonds is 8. The molecule has 22 heavy (non-hydrogen) atoms. The monoisotopic (exact) mass is 323 g/mol. The molecule has 4 heteroatoms. The van der Waals surface area contributed by atoms with E-state index in [2.05, 4.69) is 35.8 Å². The van der Waals surface area contributed by atoms with Gasteiger partial charge in [-0.3, -0.25) is 0 Å². The lowest BCUT2D eigenvalue weighted by molar-refractivity contribution is -0.0799. The molecule has 1 heterocycles. The second-order valence-electron chi connectivity index (χ2n) is 6.05. The van der Waals surface area contributed by atoms with Gasteiger partial charge in [0.15, 0.2) is 0 Å². The van der Waals surface area contributed by atoms with Crippen molar-refractivity contribution in [2.75, 3.05) is 33.1 Å². The normalized spacial score (nSPS) is 21.5. The summed E-state index contributed by atoms with van der Waals surface area (Å²) in [4.78, 5) is 1.28. The maximum absolute atomic E-state index is 9.14. The topological polar surface area (TPSA) is 41.5 Å². The van der Waals surface area contributed by atoms with Gasteiger partial charge in [0, 0.05) is 31.1 Å². The van der Waals surface area contributed by atoms with Crippen LogP contribution < -0.4 is 5.32 Å². The third-order valence-corrected chi connectivity index (χ3v) is 5.56. The number of aliphatic hydroxyl groups is 1. The molecule has 3 nitrogen and oxygen atoms in total. The molecule has 1 aromatic carbocycles. The maximum atomic E-state index is 9.14. The summed E-state index contributed by atoms with van der Waals surface area (Å²) in [6.07, 6.45) is 7.31. The number of methoxy groups -OCH3 is 1. The van der Waals surface area contributed by atoms with Crippen molar-refractivity contribution in [2.45, 2.75) is 42.6 Å². The number of aliphatic hydroxyl groups excluding tert-OH is 1. The molecule has 1 saturated heterocycles. The first-order valence-corrected chi connectivity index (χ1v) is 9.50. The average Bonchev–Trinajstić information content (AvgIpc) is 2.60. The van der Waals surface area contributed by atoms with Gasteiger partial charge in [0.25, 0.3) is 0 Å². The second-order valence-corrected chi connectivity index (χ2v) is 6.93. The van der Waals surface area contributed by atoms with Crippen LogP contribution in [-0.2, 0) is 10.3 Å². The highest BCUT2D eigenvalue weighted by molar-refractivity contribution is 7.98. The Bertz CT molecular complexity index is 448. The van der Waals surface area contributed by atoms with Crippen molar-refractivity contribution in [2.24, 2.45) is 5.92 Å².